The van der Waals surface area contributed by atoms with Crippen LogP contribution in [-0.2, 0) is 17.9 Å². The average molecular weight is 430 g/mol. The highest BCUT2D eigenvalue weighted by molar-refractivity contribution is 6.32. The van der Waals surface area contributed by atoms with Gasteiger partial charge in [0.2, 0.25) is 11.7 Å². The molecule has 2 aromatic carbocycles. The highest BCUT2D eigenvalue weighted by atomic mass is 35.5. The number of hydrogen-bond acceptors (Lipinski definition) is 6. The van der Waals surface area contributed by atoms with Gasteiger partial charge in [-0.25, -0.2) is 0 Å². The minimum Gasteiger partial charge on any atom is -0.493 e. The minimum atomic E-state index is -0.0672. The molecule has 0 saturated carbocycles. The van der Waals surface area contributed by atoms with E-state index in [2.05, 4.69) is 20.7 Å². The van der Waals surface area contributed by atoms with Crippen LogP contribution in [0.15, 0.2) is 42.5 Å². The Labute approximate surface area is 180 Å². The maximum Gasteiger partial charge on any atom is 0.220 e. The number of aryl methyl sites for hydroxylation is 1. The molecule has 1 aromatic heterocycles. The fourth-order valence-electron chi connectivity index (χ4n) is 2.87. The van der Waals surface area contributed by atoms with E-state index in [-0.39, 0.29) is 5.91 Å². The molecule has 1 N–H and O–H groups in total. The first-order chi connectivity index (χ1) is 14.6. The second kappa shape index (κ2) is 10.6. The lowest BCUT2D eigenvalue weighted by atomic mass is 10.2. The Morgan fingerprint density at radius 1 is 1.23 bits per heavy atom. The molecule has 0 aliphatic carbocycles. The third kappa shape index (κ3) is 5.70. The molecule has 0 bridgehead atoms. The van der Waals surface area contributed by atoms with Crippen LogP contribution in [0.4, 0.5) is 0 Å². The number of amides is 1. The first kappa shape index (κ1) is 21.6. The molecule has 0 spiro atoms. The third-order valence-electron chi connectivity index (χ3n) is 4.31. The van der Waals surface area contributed by atoms with Crippen LogP contribution in [0.1, 0.15) is 25.3 Å². The van der Waals surface area contributed by atoms with Crippen LogP contribution in [0.3, 0.4) is 0 Å². The Balaban J connectivity index is 1.46. The summed E-state index contributed by atoms with van der Waals surface area (Å²) in [5.41, 5.74) is 1.74. The quantitative estimate of drug-likeness (QED) is 0.530. The molecule has 158 valence electrons. The van der Waals surface area contributed by atoms with Crippen molar-refractivity contribution in [3.05, 3.63) is 53.1 Å². The SMILES string of the molecule is CCOc1c(Cl)cc(CNC(=O)CCCn2nnc(-c3ccccc3)n2)cc1OC. The molecule has 1 amide bonds. The van der Waals surface area contributed by atoms with Crippen LogP contribution in [0.2, 0.25) is 5.02 Å². The molecule has 30 heavy (non-hydrogen) atoms. The Kier molecular flexibility index (Phi) is 7.62. The van der Waals surface area contributed by atoms with Gasteiger partial charge in [-0.15, -0.1) is 10.2 Å². The Hall–Kier alpha value is -3.13. The van der Waals surface area contributed by atoms with Crippen LogP contribution in [-0.4, -0.2) is 39.8 Å². The van der Waals surface area contributed by atoms with Crippen LogP contribution < -0.4 is 14.8 Å². The van der Waals surface area contributed by atoms with E-state index in [1.165, 1.54) is 4.80 Å². The van der Waals surface area contributed by atoms with Gasteiger partial charge in [-0.1, -0.05) is 41.9 Å². The van der Waals surface area contributed by atoms with E-state index in [1.807, 2.05) is 43.3 Å². The summed E-state index contributed by atoms with van der Waals surface area (Å²) in [5, 5.41) is 15.8. The van der Waals surface area contributed by atoms with E-state index in [0.717, 1.165) is 11.1 Å². The van der Waals surface area contributed by atoms with Crippen molar-refractivity contribution in [1.82, 2.24) is 25.5 Å². The Morgan fingerprint density at radius 2 is 2.03 bits per heavy atom. The van der Waals surface area contributed by atoms with Crippen LogP contribution >= 0.6 is 11.6 Å². The van der Waals surface area contributed by atoms with Gasteiger partial charge in [0.1, 0.15) is 0 Å². The highest BCUT2D eigenvalue weighted by Gasteiger charge is 2.12. The summed E-state index contributed by atoms with van der Waals surface area (Å²) in [5.74, 6) is 1.55. The molecule has 0 aliphatic rings. The molecular formula is C21H24ClN5O3. The number of benzene rings is 2. The second-order valence-electron chi connectivity index (χ2n) is 6.50. The molecule has 9 heteroatoms. The number of halogens is 1. The molecule has 8 nitrogen and oxygen atoms in total. The number of nitrogens with one attached hydrogen (secondary N) is 1. The van der Waals surface area contributed by atoms with Crippen LogP contribution in [0.5, 0.6) is 11.5 Å². The van der Waals surface area contributed by atoms with Crippen molar-refractivity contribution < 1.29 is 14.3 Å². The maximum absolute atomic E-state index is 12.2. The highest BCUT2D eigenvalue weighted by Crippen LogP contribution is 2.36. The van der Waals surface area contributed by atoms with Crippen LogP contribution in [0, 0.1) is 0 Å². The first-order valence-electron chi connectivity index (χ1n) is 9.69. The molecule has 0 unspecified atom stereocenters. The van der Waals surface area contributed by atoms with Crippen molar-refractivity contribution in [2.45, 2.75) is 32.9 Å². The van der Waals surface area contributed by atoms with E-state index in [1.54, 1.807) is 13.2 Å². The van der Waals surface area contributed by atoms with Crippen molar-refractivity contribution in [2.24, 2.45) is 0 Å². The zero-order chi connectivity index (χ0) is 21.3. The Morgan fingerprint density at radius 3 is 2.77 bits per heavy atom. The van der Waals surface area contributed by atoms with Gasteiger partial charge < -0.3 is 14.8 Å². The van der Waals surface area contributed by atoms with Crippen molar-refractivity contribution in [1.29, 1.82) is 0 Å². The monoisotopic (exact) mass is 429 g/mol. The zero-order valence-corrected chi connectivity index (χ0v) is 17.7. The molecule has 1 heterocycles. The molecule has 0 aliphatic heterocycles. The first-order valence-corrected chi connectivity index (χ1v) is 10.1. The van der Waals surface area contributed by atoms with Gasteiger partial charge in [-0.05, 0) is 36.3 Å². The minimum absolute atomic E-state index is 0.0672. The van der Waals surface area contributed by atoms with Crippen molar-refractivity contribution in [2.75, 3.05) is 13.7 Å². The molecule has 0 saturated heterocycles. The molecule has 0 radical (unpaired) electrons. The smallest absolute Gasteiger partial charge is 0.220 e. The van der Waals surface area contributed by atoms with E-state index in [4.69, 9.17) is 21.1 Å². The topological polar surface area (TPSA) is 91.2 Å². The summed E-state index contributed by atoms with van der Waals surface area (Å²) in [7, 11) is 1.55. The maximum atomic E-state index is 12.2. The number of rotatable bonds is 10. The van der Waals surface area contributed by atoms with Gasteiger partial charge in [0, 0.05) is 18.5 Å². The zero-order valence-electron chi connectivity index (χ0n) is 17.0. The van der Waals surface area contributed by atoms with Gasteiger partial charge in [-0.2, -0.15) is 4.80 Å². The number of aromatic nitrogens is 4. The predicted molar refractivity (Wildman–Crippen MR) is 114 cm³/mol. The van der Waals surface area contributed by atoms with Crippen LogP contribution in [0.25, 0.3) is 11.4 Å². The van der Waals surface area contributed by atoms with E-state index in [0.29, 0.717) is 54.9 Å². The number of hydrogen-bond donors (Lipinski definition) is 1. The molecule has 0 atom stereocenters. The third-order valence-corrected chi connectivity index (χ3v) is 4.60. The average Bonchev–Trinajstić information content (AvgIpc) is 3.23. The number of nitrogens with zero attached hydrogens (tertiary/aromatic N) is 4. The number of tetrazole rings is 1. The molecule has 3 aromatic rings. The summed E-state index contributed by atoms with van der Waals surface area (Å²) in [6, 6.07) is 13.2. The fraction of sp³-hybridized carbons (Fsp3) is 0.333. The Bertz CT molecular complexity index is 978. The lowest BCUT2D eigenvalue weighted by Gasteiger charge is -2.13. The largest absolute Gasteiger partial charge is 0.493 e. The lowest BCUT2D eigenvalue weighted by Crippen LogP contribution is -2.23. The molecular weight excluding hydrogens is 406 g/mol. The van der Waals surface area contributed by atoms with Gasteiger partial charge in [0.15, 0.2) is 11.5 Å². The van der Waals surface area contributed by atoms with E-state index in [9.17, 15) is 4.79 Å². The molecule has 0 fully saturated rings. The predicted octanol–water partition coefficient (Wildman–Crippen LogP) is 3.50. The summed E-state index contributed by atoms with van der Waals surface area (Å²) >= 11 is 6.26. The normalized spacial score (nSPS) is 10.6. The molecule has 3 rings (SSSR count). The van der Waals surface area contributed by atoms with Crippen molar-refractivity contribution >= 4 is 17.5 Å². The van der Waals surface area contributed by atoms with Crippen molar-refractivity contribution in [3.63, 3.8) is 0 Å². The summed E-state index contributed by atoms with van der Waals surface area (Å²) in [6.07, 6.45) is 0.952. The number of ether oxygens (including phenoxy) is 2. The lowest BCUT2D eigenvalue weighted by molar-refractivity contribution is -0.121. The van der Waals surface area contributed by atoms with Gasteiger partial charge in [-0.3, -0.25) is 4.79 Å². The fourth-order valence-corrected chi connectivity index (χ4v) is 3.16. The summed E-state index contributed by atoms with van der Waals surface area (Å²) in [6.45, 7) is 3.22. The second-order valence-corrected chi connectivity index (χ2v) is 6.90. The summed E-state index contributed by atoms with van der Waals surface area (Å²) in [4.78, 5) is 13.7. The number of carbonyl (C=O) groups is 1. The van der Waals surface area contributed by atoms with Crippen molar-refractivity contribution in [3.8, 4) is 22.9 Å². The van der Waals surface area contributed by atoms with E-state index < -0.39 is 0 Å². The van der Waals surface area contributed by atoms with Gasteiger partial charge in [0.25, 0.3) is 0 Å². The number of methoxy groups -OCH3 is 1. The van der Waals surface area contributed by atoms with E-state index >= 15 is 0 Å². The number of carbonyl (C=O) groups excluding carboxylic acids is 1. The summed E-state index contributed by atoms with van der Waals surface area (Å²) < 4.78 is 10.8. The van der Waals surface area contributed by atoms with Gasteiger partial charge in [0.05, 0.1) is 25.3 Å². The van der Waals surface area contributed by atoms with Gasteiger partial charge >= 0.3 is 0 Å². The standard InChI is InChI=1S/C21H24ClN5O3/c1-3-30-20-17(22)12-15(13-18(20)29-2)14-23-19(28)10-7-11-27-25-21(24-26-27)16-8-5-4-6-9-16/h4-6,8-9,12-13H,3,7,10-11,14H2,1-2H3,(H,23,28).